The van der Waals surface area contributed by atoms with Crippen molar-refractivity contribution < 1.29 is 4.79 Å². The van der Waals surface area contributed by atoms with Gasteiger partial charge >= 0.3 is 0 Å². The fourth-order valence-electron chi connectivity index (χ4n) is 2.14. The van der Waals surface area contributed by atoms with Crippen LogP contribution in [0.1, 0.15) is 5.56 Å². The van der Waals surface area contributed by atoms with Crippen molar-refractivity contribution in [3.8, 4) is 0 Å². The summed E-state index contributed by atoms with van der Waals surface area (Å²) >= 11 is 3.55. The standard InChI is InChI=1S/C14H12BrN3O/c1-9-6-7-16-14(13(9)15)18-8-12(19)17-10-4-2-3-5-11(10)18/h2-7H,8H2,1H3,(H,17,19). The number of aromatic nitrogens is 1. The second-order valence-electron chi connectivity index (χ2n) is 4.42. The molecule has 1 aliphatic rings. The molecule has 0 atom stereocenters. The van der Waals surface area contributed by atoms with Crippen molar-refractivity contribution >= 4 is 39.0 Å². The Hall–Kier alpha value is -1.88. The zero-order valence-electron chi connectivity index (χ0n) is 10.4. The van der Waals surface area contributed by atoms with Gasteiger partial charge in [-0.1, -0.05) is 12.1 Å². The van der Waals surface area contributed by atoms with E-state index in [0.717, 1.165) is 27.2 Å². The molecule has 19 heavy (non-hydrogen) atoms. The number of carbonyl (C=O) groups excluding carboxylic acids is 1. The Kier molecular flexibility index (Phi) is 2.98. The lowest BCUT2D eigenvalue weighted by Crippen LogP contribution is -2.35. The highest BCUT2D eigenvalue weighted by Crippen LogP contribution is 2.37. The van der Waals surface area contributed by atoms with E-state index < -0.39 is 0 Å². The lowest BCUT2D eigenvalue weighted by atomic mass is 10.2. The summed E-state index contributed by atoms with van der Waals surface area (Å²) in [7, 11) is 0. The maximum absolute atomic E-state index is 11.8. The van der Waals surface area contributed by atoms with Gasteiger partial charge in [0.2, 0.25) is 5.91 Å². The van der Waals surface area contributed by atoms with Crippen molar-refractivity contribution in [2.75, 3.05) is 16.8 Å². The van der Waals surface area contributed by atoms with E-state index in [1.807, 2.05) is 42.2 Å². The van der Waals surface area contributed by atoms with Crippen LogP contribution in [0.15, 0.2) is 41.0 Å². The first-order valence-corrected chi connectivity index (χ1v) is 6.73. The van der Waals surface area contributed by atoms with Crippen molar-refractivity contribution in [1.29, 1.82) is 0 Å². The van der Waals surface area contributed by atoms with E-state index in [1.165, 1.54) is 0 Å². The molecule has 5 heteroatoms. The first-order chi connectivity index (χ1) is 9.16. The Morgan fingerprint density at radius 3 is 2.95 bits per heavy atom. The molecule has 2 heterocycles. The predicted molar refractivity (Wildman–Crippen MR) is 78.8 cm³/mol. The molecular weight excluding hydrogens is 306 g/mol. The van der Waals surface area contributed by atoms with Crippen LogP contribution in [0, 0.1) is 6.92 Å². The number of hydrogen-bond acceptors (Lipinski definition) is 3. The van der Waals surface area contributed by atoms with Gasteiger partial charge in [-0.25, -0.2) is 4.98 Å². The van der Waals surface area contributed by atoms with E-state index in [0.29, 0.717) is 0 Å². The minimum absolute atomic E-state index is 0.0334. The number of para-hydroxylation sites is 2. The summed E-state index contributed by atoms with van der Waals surface area (Å²) in [6, 6.07) is 9.66. The summed E-state index contributed by atoms with van der Waals surface area (Å²) in [5, 5.41) is 2.87. The minimum Gasteiger partial charge on any atom is -0.323 e. The fraction of sp³-hybridized carbons (Fsp3) is 0.143. The molecule has 0 fully saturated rings. The average molecular weight is 318 g/mol. The number of nitrogens with zero attached hydrogens (tertiary/aromatic N) is 2. The van der Waals surface area contributed by atoms with Crippen LogP contribution in [0.2, 0.25) is 0 Å². The molecule has 1 amide bonds. The van der Waals surface area contributed by atoms with Gasteiger partial charge in [0.25, 0.3) is 0 Å². The largest absolute Gasteiger partial charge is 0.323 e. The third kappa shape index (κ3) is 2.10. The molecule has 0 bridgehead atoms. The molecule has 0 unspecified atom stereocenters. The third-order valence-corrected chi connectivity index (χ3v) is 4.07. The van der Waals surface area contributed by atoms with E-state index in [2.05, 4.69) is 26.2 Å². The maximum Gasteiger partial charge on any atom is 0.244 e. The fourth-order valence-corrected chi connectivity index (χ4v) is 2.58. The van der Waals surface area contributed by atoms with Gasteiger partial charge in [0.1, 0.15) is 12.4 Å². The van der Waals surface area contributed by atoms with E-state index in [1.54, 1.807) is 6.20 Å². The SMILES string of the molecule is Cc1ccnc(N2CC(=O)Nc3ccccc32)c1Br. The number of fused-ring (bicyclic) bond motifs is 1. The first kappa shape index (κ1) is 12.2. The quantitative estimate of drug-likeness (QED) is 0.878. The number of benzene rings is 1. The molecule has 0 aliphatic carbocycles. The summed E-state index contributed by atoms with van der Waals surface area (Å²) in [6.45, 7) is 2.28. The van der Waals surface area contributed by atoms with E-state index in [4.69, 9.17) is 0 Å². The second kappa shape index (κ2) is 4.66. The van der Waals surface area contributed by atoms with Crippen LogP contribution in [-0.2, 0) is 4.79 Å². The van der Waals surface area contributed by atoms with Gasteiger partial charge in [-0.3, -0.25) is 4.79 Å². The molecule has 1 aliphatic heterocycles. The van der Waals surface area contributed by atoms with Crippen molar-refractivity contribution in [2.45, 2.75) is 6.92 Å². The summed E-state index contributed by atoms with van der Waals surface area (Å²) < 4.78 is 0.916. The van der Waals surface area contributed by atoms with Crippen molar-refractivity contribution in [3.05, 3.63) is 46.6 Å². The molecule has 4 nitrogen and oxygen atoms in total. The van der Waals surface area contributed by atoms with Crippen LogP contribution < -0.4 is 10.2 Å². The van der Waals surface area contributed by atoms with Gasteiger partial charge in [0, 0.05) is 6.20 Å². The first-order valence-electron chi connectivity index (χ1n) is 5.94. The van der Waals surface area contributed by atoms with E-state index in [-0.39, 0.29) is 12.5 Å². The molecule has 1 aromatic heterocycles. The number of carbonyl (C=O) groups is 1. The van der Waals surface area contributed by atoms with Crippen LogP contribution in [0.25, 0.3) is 0 Å². The van der Waals surface area contributed by atoms with Gasteiger partial charge in [-0.15, -0.1) is 0 Å². The van der Waals surface area contributed by atoms with Crippen LogP contribution in [0.4, 0.5) is 17.2 Å². The van der Waals surface area contributed by atoms with Crippen LogP contribution >= 0.6 is 15.9 Å². The molecule has 0 spiro atoms. The Labute approximate surface area is 119 Å². The van der Waals surface area contributed by atoms with Crippen molar-refractivity contribution in [1.82, 2.24) is 4.98 Å². The van der Waals surface area contributed by atoms with E-state index in [9.17, 15) is 4.79 Å². The molecule has 3 rings (SSSR count). The zero-order valence-corrected chi connectivity index (χ0v) is 11.9. The third-order valence-electron chi connectivity index (χ3n) is 3.09. The normalized spacial score (nSPS) is 14.0. The Balaban J connectivity index is 2.15. The average Bonchev–Trinajstić information content (AvgIpc) is 2.41. The highest BCUT2D eigenvalue weighted by atomic mass is 79.9. The predicted octanol–water partition coefficient (Wildman–Crippen LogP) is 3.24. The van der Waals surface area contributed by atoms with Gasteiger partial charge in [0.05, 0.1) is 15.8 Å². The summed E-state index contributed by atoms with van der Waals surface area (Å²) in [5.74, 6) is 0.733. The highest BCUT2D eigenvalue weighted by molar-refractivity contribution is 9.10. The molecule has 0 radical (unpaired) electrons. The number of pyridine rings is 1. The molecular formula is C14H12BrN3O. The van der Waals surface area contributed by atoms with Gasteiger partial charge in [-0.05, 0) is 46.6 Å². The van der Waals surface area contributed by atoms with Gasteiger partial charge in [0.15, 0.2) is 0 Å². The lowest BCUT2D eigenvalue weighted by molar-refractivity contribution is -0.115. The smallest absolute Gasteiger partial charge is 0.244 e. The Morgan fingerprint density at radius 1 is 1.32 bits per heavy atom. The molecule has 96 valence electrons. The summed E-state index contributed by atoms with van der Waals surface area (Å²) in [5.41, 5.74) is 2.86. The maximum atomic E-state index is 11.8. The van der Waals surface area contributed by atoms with Crippen molar-refractivity contribution in [2.24, 2.45) is 0 Å². The monoisotopic (exact) mass is 317 g/mol. The van der Waals surface area contributed by atoms with Crippen LogP contribution in [0.5, 0.6) is 0 Å². The molecule has 1 N–H and O–H groups in total. The van der Waals surface area contributed by atoms with Crippen LogP contribution in [-0.4, -0.2) is 17.4 Å². The van der Waals surface area contributed by atoms with E-state index >= 15 is 0 Å². The molecule has 1 aromatic carbocycles. The number of aryl methyl sites for hydroxylation is 1. The van der Waals surface area contributed by atoms with Gasteiger partial charge in [-0.2, -0.15) is 0 Å². The lowest BCUT2D eigenvalue weighted by Gasteiger charge is -2.30. The molecule has 2 aromatic rings. The zero-order chi connectivity index (χ0) is 13.4. The topological polar surface area (TPSA) is 45.2 Å². The molecule has 0 saturated carbocycles. The number of rotatable bonds is 1. The second-order valence-corrected chi connectivity index (χ2v) is 5.21. The summed E-state index contributed by atoms with van der Waals surface area (Å²) in [6.07, 6.45) is 1.75. The number of hydrogen-bond donors (Lipinski definition) is 1. The number of nitrogens with one attached hydrogen (secondary N) is 1. The summed E-state index contributed by atoms with van der Waals surface area (Å²) in [4.78, 5) is 18.1. The van der Waals surface area contributed by atoms with Crippen LogP contribution in [0.3, 0.4) is 0 Å². The number of anilines is 3. The molecule has 0 saturated heterocycles. The number of amides is 1. The number of halogens is 1. The van der Waals surface area contributed by atoms with Gasteiger partial charge < -0.3 is 10.2 Å². The Bertz CT molecular complexity index is 657. The minimum atomic E-state index is -0.0334. The Morgan fingerprint density at radius 2 is 2.11 bits per heavy atom. The van der Waals surface area contributed by atoms with Crippen molar-refractivity contribution in [3.63, 3.8) is 0 Å². The highest BCUT2D eigenvalue weighted by Gasteiger charge is 2.25.